The molecule has 310 valence electrons. The molecule has 0 fully saturated rings. The van der Waals surface area contributed by atoms with Crippen LogP contribution in [-0.4, -0.2) is 76.7 Å². The van der Waals surface area contributed by atoms with Crippen molar-refractivity contribution >= 4 is 35.8 Å². The van der Waals surface area contributed by atoms with Crippen LogP contribution in [0.15, 0.2) is 97.1 Å². The van der Waals surface area contributed by atoms with E-state index in [9.17, 15) is 19.2 Å². The van der Waals surface area contributed by atoms with Crippen molar-refractivity contribution in [1.82, 2.24) is 10.6 Å². The maximum absolute atomic E-state index is 12.1. The summed E-state index contributed by atoms with van der Waals surface area (Å²) in [7, 11) is 0. The van der Waals surface area contributed by atoms with E-state index in [0.29, 0.717) is 75.3 Å². The molecule has 0 aliphatic carbocycles. The van der Waals surface area contributed by atoms with Crippen molar-refractivity contribution in [3.05, 3.63) is 130 Å². The third kappa shape index (κ3) is 21.4. The molecule has 0 radical (unpaired) electrons. The van der Waals surface area contributed by atoms with Crippen LogP contribution in [0.5, 0.6) is 0 Å². The fraction of sp³-hybridized carbons (Fsp3) is 0.349. The van der Waals surface area contributed by atoms with E-state index in [1.807, 2.05) is 79.7 Å². The summed E-state index contributed by atoms with van der Waals surface area (Å²) in [5, 5.41) is 5.24. The van der Waals surface area contributed by atoms with Crippen LogP contribution in [0, 0.1) is 24.7 Å². The lowest BCUT2D eigenvalue weighted by atomic mass is 9.96. The second-order valence-electron chi connectivity index (χ2n) is 13.4. The van der Waals surface area contributed by atoms with Gasteiger partial charge in [0.2, 0.25) is 11.8 Å². The number of benzene rings is 4. The number of amides is 2. The number of hydrogen-bond donors (Lipinski definition) is 10. The van der Waals surface area contributed by atoms with Crippen molar-refractivity contribution in [2.24, 2.45) is 52.2 Å². The zero-order valence-corrected chi connectivity index (χ0v) is 33.2. The number of aryl methyl sites for hydroxylation is 1. The molecule has 0 atom stereocenters. The highest BCUT2D eigenvalue weighted by molar-refractivity contribution is 6.00. The number of anilines is 2. The Labute approximate surface area is 337 Å². The molecule has 0 aromatic heterocycles. The first-order valence-electron chi connectivity index (χ1n) is 19.0. The molecule has 14 nitrogen and oxygen atoms in total. The van der Waals surface area contributed by atoms with Crippen molar-refractivity contribution < 1.29 is 19.2 Å². The van der Waals surface area contributed by atoms with Gasteiger partial charge in [-0.2, -0.15) is 0 Å². The van der Waals surface area contributed by atoms with Crippen molar-refractivity contribution in [2.45, 2.75) is 26.2 Å². The number of nitrogens with two attached hydrogens (primary N) is 8. The second kappa shape index (κ2) is 29.8. The molecule has 18 N–H and O–H groups in total. The fourth-order valence-electron chi connectivity index (χ4n) is 5.05. The van der Waals surface area contributed by atoms with Crippen molar-refractivity contribution in [2.75, 3.05) is 63.8 Å². The number of hydrogen-bond acceptors (Lipinski definition) is 12. The maximum atomic E-state index is 12.1. The molecule has 2 amide bonds. The quantitative estimate of drug-likeness (QED) is 0.0388. The molecule has 0 spiro atoms. The Morgan fingerprint density at radius 2 is 0.825 bits per heavy atom. The molecular weight excluding hydrogens is 721 g/mol. The van der Waals surface area contributed by atoms with E-state index in [1.165, 1.54) is 16.7 Å². The average molecular weight is 785 g/mol. The number of rotatable bonds is 18. The zero-order chi connectivity index (χ0) is 42.4. The third-order valence-electron chi connectivity index (χ3n) is 8.63. The van der Waals surface area contributed by atoms with Gasteiger partial charge in [-0.1, -0.05) is 78.4 Å². The first-order valence-corrected chi connectivity index (χ1v) is 19.0. The number of nitrogen functional groups attached to an aromatic ring is 2. The number of aldehydes is 2. The van der Waals surface area contributed by atoms with Gasteiger partial charge in [-0.05, 0) is 105 Å². The normalized spacial score (nSPS) is 10.3. The Morgan fingerprint density at radius 1 is 0.509 bits per heavy atom. The summed E-state index contributed by atoms with van der Waals surface area (Å²) in [6, 6.07) is 29.9. The molecule has 57 heavy (non-hydrogen) atoms. The van der Waals surface area contributed by atoms with Gasteiger partial charge < -0.3 is 56.5 Å². The molecule has 0 unspecified atom stereocenters. The summed E-state index contributed by atoms with van der Waals surface area (Å²) in [5.41, 5.74) is 51.2. The predicted molar refractivity (Wildman–Crippen MR) is 232 cm³/mol. The highest BCUT2D eigenvalue weighted by Crippen LogP contribution is 2.12. The first kappa shape index (κ1) is 49.5. The molecule has 0 heterocycles. The third-order valence-corrected chi connectivity index (χ3v) is 8.63. The molecule has 0 saturated carbocycles. The van der Waals surface area contributed by atoms with Gasteiger partial charge >= 0.3 is 0 Å². The topological polar surface area (TPSA) is 300 Å². The van der Waals surface area contributed by atoms with Gasteiger partial charge in [0.05, 0.1) is 0 Å². The smallest absolute Gasteiger partial charge is 0.232 e. The highest BCUT2D eigenvalue weighted by atomic mass is 16.2. The Hall–Kier alpha value is -5.48. The lowest BCUT2D eigenvalue weighted by Crippen LogP contribution is -2.44. The molecule has 0 aliphatic rings. The van der Waals surface area contributed by atoms with E-state index < -0.39 is 5.92 Å². The van der Waals surface area contributed by atoms with Gasteiger partial charge in [0.25, 0.3) is 0 Å². The standard InChI is InChI=1S/C15H22N4O3.C11H16N2O.C10H17N3.C7H9N/c16-5-7-18-14(21)13(15(22)19-8-6-17)9-11-1-3-12(10-20)4-2-11;12-6-11(7-13)5-9-1-3-10(8-14)4-2-9;11-6-9(7-12)5-8-1-3-10(13)4-2-8;1-6-2-4-7(8)5-3-6/h1-4,10,13H,5-9,16-17H2,(H,18,21)(H,19,22);1-4,8,11H,5-7,12-13H2;1-4,9H,5-7,11-13H2;2-5H,8H2,1H3. The Balaban J connectivity index is 0.000000403. The molecule has 4 rings (SSSR count). The van der Waals surface area contributed by atoms with E-state index in [-0.39, 0.29) is 18.2 Å². The van der Waals surface area contributed by atoms with Crippen LogP contribution >= 0.6 is 0 Å². The van der Waals surface area contributed by atoms with E-state index >= 15 is 0 Å². The van der Waals surface area contributed by atoms with E-state index in [1.54, 1.807) is 24.3 Å². The van der Waals surface area contributed by atoms with E-state index in [0.717, 1.165) is 42.4 Å². The number of nitrogens with one attached hydrogen (secondary N) is 2. The van der Waals surface area contributed by atoms with Gasteiger partial charge in [0.15, 0.2) is 0 Å². The lowest BCUT2D eigenvalue weighted by Gasteiger charge is -2.16. The van der Waals surface area contributed by atoms with E-state index in [4.69, 9.17) is 45.9 Å². The minimum atomic E-state index is -0.861. The number of carbonyl (C=O) groups is 4. The second-order valence-corrected chi connectivity index (χ2v) is 13.4. The predicted octanol–water partition coefficient (Wildman–Crippen LogP) is 1.30. The highest BCUT2D eigenvalue weighted by Gasteiger charge is 2.26. The summed E-state index contributed by atoms with van der Waals surface area (Å²) in [5.74, 6) is -0.903. The van der Waals surface area contributed by atoms with Gasteiger partial charge in [-0.3, -0.25) is 19.2 Å². The van der Waals surface area contributed by atoms with Crippen LogP contribution in [-0.2, 0) is 28.9 Å². The van der Waals surface area contributed by atoms with Crippen LogP contribution in [0.4, 0.5) is 11.4 Å². The number of carbonyl (C=O) groups excluding carboxylic acids is 4. The van der Waals surface area contributed by atoms with Crippen molar-refractivity contribution in [3.63, 3.8) is 0 Å². The van der Waals surface area contributed by atoms with Crippen LogP contribution < -0.4 is 56.5 Å². The molecule has 0 aliphatic heterocycles. The van der Waals surface area contributed by atoms with Crippen molar-refractivity contribution in [1.29, 1.82) is 0 Å². The summed E-state index contributed by atoms with van der Waals surface area (Å²) in [6.07, 6.45) is 3.64. The van der Waals surface area contributed by atoms with Gasteiger partial charge in [-0.25, -0.2) is 0 Å². The maximum Gasteiger partial charge on any atom is 0.232 e. The van der Waals surface area contributed by atoms with Crippen LogP contribution in [0.2, 0.25) is 0 Å². The fourth-order valence-corrected chi connectivity index (χ4v) is 5.05. The summed E-state index contributed by atoms with van der Waals surface area (Å²) >= 11 is 0. The minimum Gasteiger partial charge on any atom is -0.399 e. The van der Waals surface area contributed by atoms with Gasteiger partial charge in [0.1, 0.15) is 18.5 Å². The van der Waals surface area contributed by atoms with Crippen LogP contribution in [0.1, 0.15) is 43.0 Å². The molecule has 0 bridgehead atoms. The van der Waals surface area contributed by atoms with Crippen molar-refractivity contribution in [3.8, 4) is 0 Å². The molecule has 14 heteroatoms. The van der Waals surface area contributed by atoms with Gasteiger partial charge in [-0.15, -0.1) is 0 Å². The minimum absolute atomic E-state index is 0.242. The Morgan fingerprint density at radius 3 is 1.12 bits per heavy atom. The summed E-state index contributed by atoms with van der Waals surface area (Å²) < 4.78 is 0. The van der Waals surface area contributed by atoms with E-state index in [2.05, 4.69) is 10.6 Å². The monoisotopic (exact) mass is 785 g/mol. The summed E-state index contributed by atoms with van der Waals surface area (Å²) in [6.45, 7) is 5.75. The molecule has 0 saturated heterocycles. The lowest BCUT2D eigenvalue weighted by molar-refractivity contribution is -0.135. The average Bonchev–Trinajstić information content (AvgIpc) is 3.24. The zero-order valence-electron chi connectivity index (χ0n) is 33.2. The Kier molecular flexibility index (Phi) is 25.9. The van der Waals surface area contributed by atoms with Crippen LogP contribution in [0.25, 0.3) is 0 Å². The molecular formula is C43H64N10O4. The van der Waals surface area contributed by atoms with Gasteiger partial charge in [0, 0.05) is 48.7 Å². The Bertz CT molecular complexity index is 1640. The van der Waals surface area contributed by atoms with Crippen LogP contribution in [0.3, 0.4) is 0 Å². The molecule has 4 aromatic rings. The summed E-state index contributed by atoms with van der Waals surface area (Å²) in [4.78, 5) is 45.3. The largest absolute Gasteiger partial charge is 0.399 e. The molecule has 4 aromatic carbocycles. The first-order chi connectivity index (χ1) is 27.5. The SMILES string of the molecule is Cc1ccc(N)cc1.NCC(CN)Cc1ccc(C=O)cc1.NCC(CN)Cc1ccc(N)cc1.NCCNC(=O)C(Cc1ccc(C=O)cc1)C(=O)NCCN.